The number of rotatable bonds is 4. The number of carbonyl (C=O) groups excluding carboxylic acids is 2. The first-order valence-electron chi connectivity index (χ1n) is 9.16. The van der Waals surface area contributed by atoms with Crippen LogP contribution in [0.5, 0.6) is 5.75 Å². The van der Waals surface area contributed by atoms with Crippen molar-refractivity contribution in [3.63, 3.8) is 0 Å². The number of para-hydroxylation sites is 1. The molecule has 0 fully saturated rings. The van der Waals surface area contributed by atoms with Gasteiger partial charge < -0.3 is 9.47 Å². The largest absolute Gasteiger partial charge is 0.422 e. The third kappa shape index (κ3) is 4.31. The van der Waals surface area contributed by atoms with E-state index in [1.165, 1.54) is 6.08 Å². The Morgan fingerprint density at radius 3 is 2.57 bits per heavy atom. The maximum atomic E-state index is 12.4. The van der Waals surface area contributed by atoms with Crippen LogP contribution in [-0.2, 0) is 9.53 Å². The average Bonchev–Trinajstić information content (AvgIpc) is 3.10. The quantitative estimate of drug-likeness (QED) is 0.332. The van der Waals surface area contributed by atoms with Gasteiger partial charge in [0.15, 0.2) is 5.70 Å². The number of cyclic esters (lactones) is 1. The SMILES string of the molecule is Cc1cccc(C2=NC(=Cc3ccccc3OC(=O)c3ccc(Cl)cc3)C(=O)O2)c1. The lowest BCUT2D eigenvalue weighted by Crippen LogP contribution is -2.09. The molecule has 0 saturated carbocycles. The molecule has 5 nitrogen and oxygen atoms in total. The maximum absolute atomic E-state index is 12.4. The van der Waals surface area contributed by atoms with E-state index in [1.54, 1.807) is 48.5 Å². The Kier molecular flexibility index (Phi) is 5.46. The zero-order valence-corrected chi connectivity index (χ0v) is 16.7. The summed E-state index contributed by atoms with van der Waals surface area (Å²) in [7, 11) is 0. The van der Waals surface area contributed by atoms with Crippen LogP contribution in [0.4, 0.5) is 0 Å². The fourth-order valence-corrected chi connectivity index (χ4v) is 3.02. The Bertz CT molecular complexity index is 1200. The summed E-state index contributed by atoms with van der Waals surface area (Å²) >= 11 is 5.86. The highest BCUT2D eigenvalue weighted by molar-refractivity contribution is 6.30. The van der Waals surface area contributed by atoms with Crippen molar-refractivity contribution < 1.29 is 19.1 Å². The molecular formula is C24H16ClNO4. The Morgan fingerprint density at radius 2 is 1.80 bits per heavy atom. The zero-order valence-electron chi connectivity index (χ0n) is 16.0. The summed E-state index contributed by atoms with van der Waals surface area (Å²) in [6.45, 7) is 1.95. The van der Waals surface area contributed by atoms with Gasteiger partial charge in [-0.3, -0.25) is 0 Å². The summed E-state index contributed by atoms with van der Waals surface area (Å²) in [6, 6.07) is 20.8. The summed E-state index contributed by atoms with van der Waals surface area (Å²) in [5, 5.41) is 0.527. The fraction of sp³-hybridized carbons (Fsp3) is 0.0417. The molecule has 1 aliphatic rings. The van der Waals surface area contributed by atoms with Crippen LogP contribution in [0.3, 0.4) is 0 Å². The van der Waals surface area contributed by atoms with Gasteiger partial charge in [-0.25, -0.2) is 14.6 Å². The fourth-order valence-electron chi connectivity index (χ4n) is 2.90. The molecule has 6 heteroatoms. The molecule has 30 heavy (non-hydrogen) atoms. The third-order valence-corrected chi connectivity index (χ3v) is 4.63. The van der Waals surface area contributed by atoms with Crippen LogP contribution in [0, 0.1) is 6.92 Å². The van der Waals surface area contributed by atoms with Gasteiger partial charge >= 0.3 is 11.9 Å². The molecule has 0 N–H and O–H groups in total. The third-order valence-electron chi connectivity index (χ3n) is 4.38. The molecule has 148 valence electrons. The number of nitrogens with zero attached hydrogens (tertiary/aromatic N) is 1. The predicted octanol–water partition coefficient (Wildman–Crippen LogP) is 5.21. The molecular weight excluding hydrogens is 402 g/mol. The summed E-state index contributed by atoms with van der Waals surface area (Å²) in [5.74, 6) is -0.552. The van der Waals surface area contributed by atoms with E-state index in [-0.39, 0.29) is 11.6 Å². The topological polar surface area (TPSA) is 65.0 Å². The minimum Gasteiger partial charge on any atom is -0.422 e. The molecule has 4 rings (SSSR count). The van der Waals surface area contributed by atoms with E-state index in [0.29, 0.717) is 27.5 Å². The van der Waals surface area contributed by atoms with E-state index < -0.39 is 11.9 Å². The molecule has 0 radical (unpaired) electrons. The molecule has 0 saturated heterocycles. The van der Waals surface area contributed by atoms with Gasteiger partial charge in [-0.2, -0.15) is 0 Å². The van der Waals surface area contributed by atoms with Crippen molar-refractivity contribution in [3.8, 4) is 5.75 Å². The van der Waals surface area contributed by atoms with Gasteiger partial charge in [0.25, 0.3) is 0 Å². The second-order valence-corrected chi connectivity index (χ2v) is 7.08. The number of halogens is 1. The van der Waals surface area contributed by atoms with Crippen LogP contribution in [0.2, 0.25) is 5.02 Å². The normalized spacial score (nSPS) is 14.4. The van der Waals surface area contributed by atoms with Crippen molar-refractivity contribution in [1.29, 1.82) is 0 Å². The molecule has 3 aromatic carbocycles. The van der Waals surface area contributed by atoms with Gasteiger partial charge in [0, 0.05) is 16.1 Å². The monoisotopic (exact) mass is 417 g/mol. The van der Waals surface area contributed by atoms with E-state index in [0.717, 1.165) is 5.56 Å². The highest BCUT2D eigenvalue weighted by atomic mass is 35.5. The first kappa shape index (κ1) is 19.6. The summed E-state index contributed by atoms with van der Waals surface area (Å²) < 4.78 is 10.8. The standard InChI is InChI=1S/C24H16ClNO4/c1-15-5-4-7-18(13-15)22-26-20(24(28)30-22)14-17-6-2-3-8-21(17)29-23(27)16-9-11-19(25)12-10-16/h2-14H,1H3. The van der Waals surface area contributed by atoms with Crippen LogP contribution in [0.1, 0.15) is 27.0 Å². The number of esters is 2. The molecule has 1 aliphatic heterocycles. The number of carbonyl (C=O) groups is 2. The molecule has 0 bridgehead atoms. The summed E-state index contributed by atoms with van der Waals surface area (Å²) in [4.78, 5) is 29.1. The van der Waals surface area contributed by atoms with E-state index in [1.807, 2.05) is 31.2 Å². The Hall–Kier alpha value is -3.70. The first-order chi connectivity index (χ1) is 14.5. The van der Waals surface area contributed by atoms with E-state index in [4.69, 9.17) is 21.1 Å². The van der Waals surface area contributed by atoms with Crippen molar-refractivity contribution in [3.05, 3.63) is 106 Å². The number of aryl methyl sites for hydroxylation is 1. The van der Waals surface area contributed by atoms with Crippen molar-refractivity contribution in [1.82, 2.24) is 0 Å². The minimum absolute atomic E-state index is 0.126. The van der Waals surface area contributed by atoms with Gasteiger partial charge in [-0.1, -0.05) is 47.5 Å². The highest BCUT2D eigenvalue weighted by Crippen LogP contribution is 2.26. The Labute approximate surface area is 178 Å². The lowest BCUT2D eigenvalue weighted by Gasteiger charge is -2.07. The van der Waals surface area contributed by atoms with Crippen LogP contribution in [0.15, 0.2) is 83.5 Å². The van der Waals surface area contributed by atoms with Crippen LogP contribution in [0.25, 0.3) is 6.08 Å². The number of aliphatic imine (C=N–C) groups is 1. The second kappa shape index (κ2) is 8.35. The lowest BCUT2D eigenvalue weighted by molar-refractivity contribution is -0.129. The number of hydrogen-bond donors (Lipinski definition) is 0. The molecule has 0 aliphatic carbocycles. The van der Waals surface area contributed by atoms with Gasteiger partial charge in [0.1, 0.15) is 5.75 Å². The van der Waals surface area contributed by atoms with Crippen molar-refractivity contribution in [2.45, 2.75) is 6.92 Å². The van der Waals surface area contributed by atoms with Crippen molar-refractivity contribution in [2.24, 2.45) is 4.99 Å². The van der Waals surface area contributed by atoms with Crippen molar-refractivity contribution in [2.75, 3.05) is 0 Å². The molecule has 0 atom stereocenters. The van der Waals surface area contributed by atoms with Crippen LogP contribution in [-0.4, -0.2) is 17.8 Å². The van der Waals surface area contributed by atoms with Crippen molar-refractivity contribution >= 4 is 35.5 Å². The van der Waals surface area contributed by atoms with Gasteiger partial charge in [-0.05, 0) is 55.5 Å². The number of benzene rings is 3. The molecule has 1 heterocycles. The molecule has 0 unspecified atom stereocenters. The number of ether oxygens (including phenoxy) is 2. The predicted molar refractivity (Wildman–Crippen MR) is 115 cm³/mol. The minimum atomic E-state index is -0.565. The Morgan fingerprint density at radius 1 is 1.03 bits per heavy atom. The second-order valence-electron chi connectivity index (χ2n) is 6.64. The molecule has 3 aromatic rings. The average molecular weight is 418 g/mol. The molecule has 0 aromatic heterocycles. The molecule has 0 amide bonds. The molecule has 0 spiro atoms. The smallest absolute Gasteiger partial charge is 0.363 e. The summed E-state index contributed by atoms with van der Waals surface area (Å²) in [5.41, 5.74) is 2.77. The first-order valence-corrected chi connectivity index (χ1v) is 9.54. The zero-order chi connectivity index (χ0) is 21.1. The Balaban J connectivity index is 1.62. The summed E-state index contributed by atoms with van der Waals surface area (Å²) in [6.07, 6.45) is 1.54. The van der Waals surface area contributed by atoms with E-state index in [9.17, 15) is 9.59 Å². The number of hydrogen-bond acceptors (Lipinski definition) is 5. The van der Waals surface area contributed by atoms with Gasteiger partial charge in [-0.15, -0.1) is 0 Å². The maximum Gasteiger partial charge on any atom is 0.363 e. The van der Waals surface area contributed by atoms with E-state index >= 15 is 0 Å². The van der Waals surface area contributed by atoms with E-state index in [2.05, 4.69) is 4.99 Å². The lowest BCUT2D eigenvalue weighted by atomic mass is 10.1. The van der Waals surface area contributed by atoms with Crippen LogP contribution < -0.4 is 4.74 Å². The van der Waals surface area contributed by atoms with Crippen LogP contribution >= 0.6 is 11.6 Å². The van der Waals surface area contributed by atoms with Gasteiger partial charge in [0.2, 0.25) is 5.90 Å². The highest BCUT2D eigenvalue weighted by Gasteiger charge is 2.24. The van der Waals surface area contributed by atoms with Gasteiger partial charge in [0.05, 0.1) is 5.56 Å².